The molecule has 0 aromatic heterocycles. The maximum atomic E-state index is 9.69. The maximum Gasteiger partial charge on any atom is 2.00 e. The van der Waals surface area contributed by atoms with E-state index in [-0.39, 0.29) is 23.2 Å². The SMILES string of the molecule is CCCCSCC(O)[C]1[CH][CH][CH][CH]1.[CH]1[CH][CH][CH][CH]1.[Fe+2]. The quantitative estimate of drug-likeness (QED) is 0.599. The molecule has 104 valence electrons. The number of thioether (sulfide) groups is 1. The van der Waals surface area contributed by atoms with Gasteiger partial charge in [0.1, 0.15) is 0 Å². The second-order valence-electron chi connectivity index (χ2n) is 4.12. The van der Waals surface area contributed by atoms with Crippen LogP contribution in [0.5, 0.6) is 0 Å². The standard InChI is InChI=1S/C11H17OS.C5H5.Fe/c1-2-3-8-13-9-11(12)10-6-4-5-7-10;1-2-4-5-3-1;/h4-7,11-12H,2-3,8-9H2,1H3;1-5H;/q;;+2. The van der Waals surface area contributed by atoms with Crippen molar-refractivity contribution in [3.8, 4) is 0 Å². The fourth-order valence-corrected chi connectivity index (χ4v) is 2.54. The summed E-state index contributed by atoms with van der Waals surface area (Å²) in [4.78, 5) is 0. The summed E-state index contributed by atoms with van der Waals surface area (Å²) in [6.45, 7) is 2.19. The third-order valence-electron chi connectivity index (χ3n) is 2.55. The number of rotatable bonds is 6. The zero-order valence-electron chi connectivity index (χ0n) is 11.3. The van der Waals surface area contributed by atoms with Gasteiger partial charge >= 0.3 is 17.1 Å². The van der Waals surface area contributed by atoms with Crippen molar-refractivity contribution < 1.29 is 22.2 Å². The van der Waals surface area contributed by atoms with Crippen molar-refractivity contribution in [2.24, 2.45) is 0 Å². The number of aliphatic hydroxyl groups is 1. The smallest absolute Gasteiger partial charge is 0.392 e. The number of hydrogen-bond donors (Lipinski definition) is 1. The molecule has 0 saturated heterocycles. The van der Waals surface area contributed by atoms with Gasteiger partial charge in [0.15, 0.2) is 0 Å². The average molecular weight is 318 g/mol. The summed E-state index contributed by atoms with van der Waals surface area (Å²) in [5.74, 6) is 3.03. The Hall–Kier alpha value is 0.829. The van der Waals surface area contributed by atoms with Crippen molar-refractivity contribution in [3.63, 3.8) is 0 Å². The molecule has 19 heavy (non-hydrogen) atoms. The zero-order chi connectivity index (χ0) is 13.1. The molecule has 10 radical (unpaired) electrons. The molecule has 0 amide bonds. The van der Waals surface area contributed by atoms with Crippen LogP contribution in [-0.2, 0) is 17.1 Å². The van der Waals surface area contributed by atoms with E-state index in [1.165, 1.54) is 12.8 Å². The van der Waals surface area contributed by atoms with Gasteiger partial charge in [-0.2, -0.15) is 11.8 Å². The van der Waals surface area contributed by atoms with E-state index in [4.69, 9.17) is 0 Å². The Kier molecular flexibility index (Phi) is 14.4. The third-order valence-corrected chi connectivity index (χ3v) is 3.68. The maximum absolute atomic E-state index is 9.69. The summed E-state index contributed by atoms with van der Waals surface area (Å²) in [7, 11) is 0. The number of unbranched alkanes of at least 4 members (excludes halogenated alkanes) is 1. The van der Waals surface area contributed by atoms with Crippen molar-refractivity contribution in [1.82, 2.24) is 0 Å². The molecule has 2 aliphatic carbocycles. The van der Waals surface area contributed by atoms with Crippen LogP contribution in [0, 0.1) is 63.7 Å². The van der Waals surface area contributed by atoms with Gasteiger partial charge in [-0.25, -0.2) is 0 Å². The van der Waals surface area contributed by atoms with E-state index in [2.05, 4.69) is 6.92 Å². The summed E-state index contributed by atoms with van der Waals surface area (Å²) in [6.07, 6.45) is 20.1. The summed E-state index contributed by atoms with van der Waals surface area (Å²) in [5.41, 5.74) is 0. The fraction of sp³-hybridized carbons (Fsp3) is 0.375. The van der Waals surface area contributed by atoms with Crippen LogP contribution in [0.4, 0.5) is 0 Å². The zero-order valence-corrected chi connectivity index (χ0v) is 13.2. The van der Waals surface area contributed by atoms with Gasteiger partial charge in [0.25, 0.3) is 0 Å². The van der Waals surface area contributed by atoms with Crippen LogP contribution in [0.3, 0.4) is 0 Å². The average Bonchev–Trinajstić information content (AvgIpc) is 3.09. The van der Waals surface area contributed by atoms with Gasteiger partial charge in [-0.3, -0.25) is 0 Å². The molecule has 0 spiro atoms. The first kappa shape index (κ1) is 19.8. The predicted octanol–water partition coefficient (Wildman–Crippen LogP) is 3.30. The molecule has 2 aliphatic rings. The van der Waals surface area contributed by atoms with Gasteiger partial charge in [-0.1, -0.05) is 13.3 Å². The molecule has 0 aromatic carbocycles. The second kappa shape index (κ2) is 13.8. The molecule has 1 N–H and O–H groups in total. The monoisotopic (exact) mass is 318 g/mol. The Labute approximate surface area is 135 Å². The van der Waals surface area contributed by atoms with E-state index in [9.17, 15) is 5.11 Å². The Morgan fingerprint density at radius 1 is 1.00 bits per heavy atom. The Bertz CT molecular complexity index is 172. The van der Waals surface area contributed by atoms with E-state index in [0.717, 1.165) is 17.4 Å². The Morgan fingerprint density at radius 3 is 2.00 bits per heavy atom. The Morgan fingerprint density at radius 2 is 1.53 bits per heavy atom. The minimum atomic E-state index is -0.281. The summed E-state index contributed by atoms with van der Waals surface area (Å²) in [5, 5.41) is 9.69. The molecule has 1 atom stereocenters. The van der Waals surface area contributed by atoms with Crippen molar-refractivity contribution in [2.45, 2.75) is 25.9 Å². The second-order valence-corrected chi connectivity index (χ2v) is 5.27. The number of hydrogen-bond acceptors (Lipinski definition) is 2. The van der Waals surface area contributed by atoms with Crippen LogP contribution in [0.25, 0.3) is 0 Å². The van der Waals surface area contributed by atoms with Crippen molar-refractivity contribution in [2.75, 3.05) is 11.5 Å². The van der Waals surface area contributed by atoms with Crippen LogP contribution < -0.4 is 0 Å². The van der Waals surface area contributed by atoms with Crippen LogP contribution in [0.2, 0.25) is 0 Å². The van der Waals surface area contributed by atoms with Crippen molar-refractivity contribution >= 4 is 11.8 Å². The Balaban J connectivity index is 0.000000454. The minimum absolute atomic E-state index is 0. The predicted molar refractivity (Wildman–Crippen MR) is 80.2 cm³/mol. The van der Waals surface area contributed by atoms with E-state index >= 15 is 0 Å². The molecule has 1 nitrogen and oxygen atoms in total. The molecule has 3 heteroatoms. The molecular weight excluding hydrogens is 296 g/mol. The first-order valence-electron chi connectivity index (χ1n) is 6.48. The van der Waals surface area contributed by atoms with E-state index in [1.807, 2.05) is 69.5 Å². The summed E-state index contributed by atoms with van der Waals surface area (Å²) in [6, 6.07) is 0. The van der Waals surface area contributed by atoms with Crippen molar-refractivity contribution in [1.29, 1.82) is 0 Å². The third kappa shape index (κ3) is 10.2. The van der Waals surface area contributed by atoms with Crippen LogP contribution >= 0.6 is 11.8 Å². The topological polar surface area (TPSA) is 20.2 Å². The molecule has 0 bridgehead atoms. The minimum Gasteiger partial charge on any atom is -0.392 e. The van der Waals surface area contributed by atoms with Gasteiger partial charge in [0, 0.05) is 11.7 Å². The van der Waals surface area contributed by atoms with Crippen molar-refractivity contribution in [3.05, 3.63) is 63.7 Å². The van der Waals surface area contributed by atoms with E-state index in [1.54, 1.807) is 0 Å². The van der Waals surface area contributed by atoms with Gasteiger partial charge in [-0.15, -0.1) is 0 Å². The molecule has 2 saturated carbocycles. The fourth-order valence-electron chi connectivity index (χ4n) is 1.47. The summed E-state index contributed by atoms with van der Waals surface area (Å²) >= 11 is 1.83. The molecule has 2 fully saturated rings. The normalized spacial score (nSPS) is 20.5. The van der Waals surface area contributed by atoms with Gasteiger partial charge < -0.3 is 5.11 Å². The van der Waals surface area contributed by atoms with Crippen LogP contribution in [0.1, 0.15) is 19.8 Å². The van der Waals surface area contributed by atoms with Crippen LogP contribution in [0.15, 0.2) is 0 Å². The van der Waals surface area contributed by atoms with Gasteiger partial charge in [0.05, 0.1) is 6.10 Å². The number of aliphatic hydroxyl groups excluding tert-OH is 1. The molecular formula is C16H22FeOS+2. The largest absolute Gasteiger partial charge is 2.00 e. The van der Waals surface area contributed by atoms with E-state index in [0.29, 0.717) is 0 Å². The molecule has 0 heterocycles. The van der Waals surface area contributed by atoms with Gasteiger partial charge in [0.2, 0.25) is 0 Å². The van der Waals surface area contributed by atoms with Gasteiger partial charge in [-0.05, 0) is 70.0 Å². The van der Waals surface area contributed by atoms with Crippen LogP contribution in [-0.4, -0.2) is 22.7 Å². The molecule has 0 aromatic rings. The summed E-state index contributed by atoms with van der Waals surface area (Å²) < 4.78 is 0. The molecule has 1 unspecified atom stereocenters. The first-order chi connectivity index (χ1) is 8.84. The first-order valence-corrected chi connectivity index (χ1v) is 7.64. The molecule has 2 rings (SSSR count). The molecule has 0 aliphatic heterocycles. The van der Waals surface area contributed by atoms with E-state index < -0.39 is 0 Å².